The van der Waals surface area contributed by atoms with Gasteiger partial charge in [0, 0.05) is 14.8 Å². The largest absolute Gasteiger partial charge is 0.488 e. The molecule has 2 aromatic carbocycles. The van der Waals surface area contributed by atoms with E-state index in [-0.39, 0.29) is 8.64 Å². The maximum atomic E-state index is 11.9. The number of carbonyl (C=O) groups is 1. The van der Waals surface area contributed by atoms with Gasteiger partial charge in [-0.3, -0.25) is 4.79 Å². The fourth-order valence-corrected chi connectivity index (χ4v) is 2.08. The Morgan fingerprint density at radius 1 is 1.00 bits per heavy atom. The van der Waals surface area contributed by atoms with E-state index in [1.807, 2.05) is 42.5 Å². The Bertz CT molecular complexity index is 559. The SMILES string of the molecule is O=C(CCCc1ccc(B(O)O)cc1)c1ccccc1.[HH].[HH]. The van der Waals surface area contributed by atoms with Crippen LogP contribution in [0.2, 0.25) is 0 Å². The fourth-order valence-electron chi connectivity index (χ4n) is 2.08. The zero-order valence-corrected chi connectivity index (χ0v) is 11.2. The van der Waals surface area contributed by atoms with Crippen molar-refractivity contribution in [3.63, 3.8) is 0 Å². The average molecular weight is 272 g/mol. The first-order valence-electron chi connectivity index (χ1n) is 6.70. The van der Waals surface area contributed by atoms with Crippen molar-refractivity contribution in [2.24, 2.45) is 0 Å². The summed E-state index contributed by atoms with van der Waals surface area (Å²) in [5.74, 6) is 0.160. The standard InChI is InChI=1S/C16H17BO3.2H2/c18-16(14-6-2-1-3-7-14)8-4-5-13-9-11-15(12-10-13)17(19)20;;/h1-3,6-7,9-12,19-20H,4-5,8H2;2*1H. The van der Waals surface area contributed by atoms with Crippen LogP contribution in [0.5, 0.6) is 0 Å². The molecule has 2 N–H and O–H groups in total. The van der Waals surface area contributed by atoms with E-state index in [2.05, 4.69) is 0 Å². The molecule has 0 saturated heterocycles. The van der Waals surface area contributed by atoms with Crippen LogP contribution in [-0.4, -0.2) is 22.9 Å². The molecule has 0 spiro atoms. The summed E-state index contributed by atoms with van der Waals surface area (Å²) in [7, 11) is -1.43. The van der Waals surface area contributed by atoms with E-state index in [4.69, 9.17) is 10.0 Å². The summed E-state index contributed by atoms with van der Waals surface area (Å²) >= 11 is 0. The molecule has 0 fully saturated rings. The van der Waals surface area contributed by atoms with Gasteiger partial charge in [0.05, 0.1) is 0 Å². The molecule has 0 aliphatic carbocycles. The number of hydrogen-bond acceptors (Lipinski definition) is 3. The number of aryl methyl sites for hydroxylation is 1. The van der Waals surface area contributed by atoms with Gasteiger partial charge in [-0.05, 0) is 23.9 Å². The third-order valence-electron chi connectivity index (χ3n) is 3.24. The summed E-state index contributed by atoms with van der Waals surface area (Å²) in [6.07, 6.45) is 2.11. The Balaban J connectivity index is 0.00000220. The lowest BCUT2D eigenvalue weighted by molar-refractivity contribution is 0.0980. The minimum Gasteiger partial charge on any atom is -0.423 e. The van der Waals surface area contributed by atoms with Gasteiger partial charge in [-0.15, -0.1) is 0 Å². The van der Waals surface area contributed by atoms with Gasteiger partial charge >= 0.3 is 7.12 Å². The molecule has 0 amide bonds. The number of benzene rings is 2. The predicted octanol–water partition coefficient (Wildman–Crippen LogP) is 2.06. The monoisotopic (exact) mass is 272 g/mol. The molecule has 4 heteroatoms. The molecule has 0 saturated carbocycles. The van der Waals surface area contributed by atoms with E-state index >= 15 is 0 Å². The molecule has 3 nitrogen and oxygen atoms in total. The molecular weight excluding hydrogens is 251 g/mol. The van der Waals surface area contributed by atoms with Crippen LogP contribution in [0, 0.1) is 0 Å². The van der Waals surface area contributed by atoms with Crippen molar-refractivity contribution >= 4 is 18.4 Å². The molecule has 0 unspecified atom stereocenters. The summed E-state index contributed by atoms with van der Waals surface area (Å²) in [6, 6.07) is 16.4. The van der Waals surface area contributed by atoms with Crippen molar-refractivity contribution < 1.29 is 17.7 Å². The van der Waals surface area contributed by atoms with Gasteiger partial charge in [0.1, 0.15) is 0 Å². The molecule has 0 bridgehead atoms. The molecule has 106 valence electrons. The first-order chi connectivity index (χ1) is 9.66. The molecule has 0 atom stereocenters. The number of ketones is 1. The van der Waals surface area contributed by atoms with E-state index in [0.29, 0.717) is 11.9 Å². The number of carbonyl (C=O) groups excluding carboxylic acids is 1. The highest BCUT2D eigenvalue weighted by molar-refractivity contribution is 6.58. The minimum atomic E-state index is -1.43. The third kappa shape index (κ3) is 4.05. The second-order valence-electron chi connectivity index (χ2n) is 4.76. The van der Waals surface area contributed by atoms with Crippen LogP contribution in [0.4, 0.5) is 0 Å². The van der Waals surface area contributed by atoms with Crippen LogP contribution >= 0.6 is 0 Å². The molecule has 0 radical (unpaired) electrons. The molecule has 0 aliphatic heterocycles. The van der Waals surface area contributed by atoms with Gasteiger partial charge in [-0.2, -0.15) is 0 Å². The van der Waals surface area contributed by atoms with Gasteiger partial charge in [0.15, 0.2) is 5.78 Å². The second-order valence-corrected chi connectivity index (χ2v) is 4.76. The topological polar surface area (TPSA) is 57.5 Å². The van der Waals surface area contributed by atoms with Crippen molar-refractivity contribution in [2.45, 2.75) is 19.3 Å². The average Bonchev–Trinajstić information content (AvgIpc) is 2.48. The van der Waals surface area contributed by atoms with Crippen molar-refractivity contribution in [2.75, 3.05) is 0 Å². The highest BCUT2D eigenvalue weighted by atomic mass is 16.4. The third-order valence-corrected chi connectivity index (χ3v) is 3.24. The Labute approximate surface area is 122 Å². The molecule has 20 heavy (non-hydrogen) atoms. The number of rotatable bonds is 6. The number of Topliss-reactive ketones (excluding diaryl/α,β-unsaturated/α-hetero) is 1. The summed E-state index contributed by atoms with van der Waals surface area (Å²) in [6.45, 7) is 0. The van der Waals surface area contributed by atoms with E-state index < -0.39 is 7.12 Å². The molecular formula is C16H21BO3. The van der Waals surface area contributed by atoms with Crippen molar-refractivity contribution in [1.29, 1.82) is 0 Å². The highest BCUT2D eigenvalue weighted by Crippen LogP contribution is 2.09. The minimum absolute atomic E-state index is 0. The van der Waals surface area contributed by atoms with Crippen LogP contribution in [0.15, 0.2) is 54.6 Å². The first kappa shape index (κ1) is 14.5. The summed E-state index contributed by atoms with van der Waals surface area (Å²) < 4.78 is 0. The van der Waals surface area contributed by atoms with Gasteiger partial charge in [-0.25, -0.2) is 0 Å². The van der Waals surface area contributed by atoms with Crippen LogP contribution in [-0.2, 0) is 6.42 Å². The van der Waals surface area contributed by atoms with E-state index in [9.17, 15) is 4.79 Å². The van der Waals surface area contributed by atoms with E-state index in [1.54, 1.807) is 12.1 Å². The lowest BCUT2D eigenvalue weighted by atomic mass is 9.80. The number of hydrogen-bond donors (Lipinski definition) is 2. The maximum absolute atomic E-state index is 11.9. The summed E-state index contributed by atoms with van der Waals surface area (Å²) in [5, 5.41) is 18.0. The lowest BCUT2D eigenvalue weighted by Crippen LogP contribution is -2.29. The quantitative estimate of drug-likeness (QED) is 0.625. The Morgan fingerprint density at radius 3 is 2.25 bits per heavy atom. The van der Waals surface area contributed by atoms with Crippen molar-refractivity contribution in [3.05, 3.63) is 65.7 Å². The zero-order chi connectivity index (χ0) is 14.4. The summed E-state index contributed by atoms with van der Waals surface area (Å²) in [5.41, 5.74) is 2.33. The van der Waals surface area contributed by atoms with Crippen LogP contribution in [0.3, 0.4) is 0 Å². The summed E-state index contributed by atoms with van der Waals surface area (Å²) in [4.78, 5) is 11.9. The Kier molecular flexibility index (Phi) is 5.10. The van der Waals surface area contributed by atoms with E-state index in [0.717, 1.165) is 24.0 Å². The maximum Gasteiger partial charge on any atom is 0.488 e. The molecule has 0 aliphatic rings. The van der Waals surface area contributed by atoms with Gasteiger partial charge < -0.3 is 10.0 Å². The molecule has 2 rings (SSSR count). The van der Waals surface area contributed by atoms with Gasteiger partial charge in [0.25, 0.3) is 0 Å². The Hall–Kier alpha value is -1.91. The first-order valence-corrected chi connectivity index (χ1v) is 6.70. The van der Waals surface area contributed by atoms with Crippen LogP contribution < -0.4 is 5.46 Å². The second kappa shape index (κ2) is 7.03. The Morgan fingerprint density at radius 2 is 1.65 bits per heavy atom. The van der Waals surface area contributed by atoms with Crippen LogP contribution in [0.25, 0.3) is 0 Å². The molecule has 0 heterocycles. The molecule has 2 aromatic rings. The lowest BCUT2D eigenvalue weighted by Gasteiger charge is -2.04. The van der Waals surface area contributed by atoms with Crippen molar-refractivity contribution in [1.82, 2.24) is 0 Å². The fraction of sp³-hybridized carbons (Fsp3) is 0.188. The van der Waals surface area contributed by atoms with Crippen molar-refractivity contribution in [3.8, 4) is 0 Å². The normalized spacial score (nSPS) is 10.3. The zero-order valence-electron chi connectivity index (χ0n) is 11.2. The predicted molar refractivity (Wildman–Crippen MR) is 84.2 cm³/mol. The van der Waals surface area contributed by atoms with Crippen LogP contribution in [0.1, 0.15) is 31.6 Å². The highest BCUT2D eigenvalue weighted by Gasteiger charge is 2.10. The molecule has 0 aromatic heterocycles. The van der Waals surface area contributed by atoms with Gasteiger partial charge in [-0.1, -0.05) is 54.6 Å². The van der Waals surface area contributed by atoms with E-state index in [1.165, 1.54) is 0 Å². The smallest absolute Gasteiger partial charge is 0.423 e. The van der Waals surface area contributed by atoms with Gasteiger partial charge in [0.2, 0.25) is 0 Å².